The lowest BCUT2D eigenvalue weighted by molar-refractivity contribution is -0.385. The molecule has 0 bridgehead atoms. The average molecular weight is 494 g/mol. The van der Waals surface area contributed by atoms with Gasteiger partial charge in [-0.25, -0.2) is 4.98 Å². The van der Waals surface area contributed by atoms with Gasteiger partial charge in [0.2, 0.25) is 0 Å². The highest BCUT2D eigenvalue weighted by atomic mass is 127. The molecule has 1 atom stereocenters. The van der Waals surface area contributed by atoms with E-state index < -0.39 is 9.85 Å². The van der Waals surface area contributed by atoms with Gasteiger partial charge in [0, 0.05) is 27.8 Å². The minimum Gasteiger partial charge on any atom is -0.373 e. The smallest absolute Gasteiger partial charge is 0.269 e. The number of aromatic nitrogens is 2. The molecule has 3 aromatic rings. The van der Waals surface area contributed by atoms with Gasteiger partial charge in [0.15, 0.2) is 0 Å². The highest BCUT2D eigenvalue weighted by molar-refractivity contribution is 14.1. The summed E-state index contributed by atoms with van der Waals surface area (Å²) in [6.45, 7) is 1.12. The second-order valence-electron chi connectivity index (χ2n) is 5.91. The van der Waals surface area contributed by atoms with E-state index in [1.54, 1.807) is 36.8 Å². The van der Waals surface area contributed by atoms with Crippen molar-refractivity contribution in [3.05, 3.63) is 96.1 Å². The van der Waals surface area contributed by atoms with Crippen molar-refractivity contribution in [1.29, 1.82) is 0 Å². The normalized spacial score (nSPS) is 15.1. The number of hydrogen-bond acceptors (Lipinski definition) is 6. The molecule has 0 N–H and O–H groups in total. The summed E-state index contributed by atoms with van der Waals surface area (Å²) in [5, 5.41) is 20.7. The maximum absolute atomic E-state index is 10.6. The Balaban J connectivity index is 0.000000192. The van der Waals surface area contributed by atoms with Crippen molar-refractivity contribution in [2.24, 2.45) is 0 Å². The predicted molar refractivity (Wildman–Crippen MR) is 109 cm³/mol. The molecule has 1 unspecified atom stereocenters. The second kappa shape index (κ2) is 8.89. The van der Waals surface area contributed by atoms with Gasteiger partial charge in [-0.05, 0) is 40.3 Å². The second-order valence-corrected chi connectivity index (χ2v) is 7.15. The van der Waals surface area contributed by atoms with Crippen LogP contribution >= 0.6 is 22.6 Å². The standard InChI is InChI=1S/C12H11N3O3.C6H4INO2/c16-15(17)10-3-1-9(2-4-10)12-7-18-6-11-5-13-8-14(11)12;7-5-1-3-6(4-2-5)8(9)10/h1-5,8,12H,6-7H2;1-4H. The van der Waals surface area contributed by atoms with E-state index >= 15 is 0 Å². The molecule has 0 saturated heterocycles. The molecule has 10 heteroatoms. The number of rotatable bonds is 3. The van der Waals surface area contributed by atoms with Crippen molar-refractivity contribution >= 4 is 34.0 Å². The largest absolute Gasteiger partial charge is 0.373 e. The molecule has 2 heterocycles. The van der Waals surface area contributed by atoms with Crippen LogP contribution in [0.2, 0.25) is 0 Å². The number of halogens is 1. The third kappa shape index (κ3) is 4.70. The summed E-state index contributed by atoms with van der Waals surface area (Å²) in [5.74, 6) is 0. The van der Waals surface area contributed by atoms with Crippen molar-refractivity contribution < 1.29 is 14.6 Å². The van der Waals surface area contributed by atoms with Crippen LogP contribution in [0.4, 0.5) is 11.4 Å². The quantitative estimate of drug-likeness (QED) is 0.308. The molecular weight excluding hydrogens is 479 g/mol. The van der Waals surface area contributed by atoms with Crippen molar-refractivity contribution in [1.82, 2.24) is 9.55 Å². The van der Waals surface area contributed by atoms with Crippen molar-refractivity contribution in [3.63, 3.8) is 0 Å². The topological polar surface area (TPSA) is 113 Å². The van der Waals surface area contributed by atoms with Crippen molar-refractivity contribution in [2.75, 3.05) is 6.61 Å². The molecule has 2 aromatic carbocycles. The first kappa shape index (κ1) is 19.9. The molecule has 0 saturated carbocycles. The minimum absolute atomic E-state index is 0.0389. The number of non-ortho nitro benzene ring substituents is 2. The molecular formula is C18H15IN4O5. The molecule has 0 radical (unpaired) electrons. The first-order chi connectivity index (χ1) is 13.5. The van der Waals surface area contributed by atoms with Crippen LogP contribution in [0, 0.1) is 23.8 Å². The first-order valence-electron chi connectivity index (χ1n) is 8.18. The Kier molecular flexibility index (Phi) is 6.31. The Morgan fingerprint density at radius 1 is 1.00 bits per heavy atom. The molecule has 144 valence electrons. The van der Waals surface area contributed by atoms with Crippen LogP contribution in [0.3, 0.4) is 0 Å². The van der Waals surface area contributed by atoms with Gasteiger partial charge in [0.25, 0.3) is 11.4 Å². The number of fused-ring (bicyclic) bond motifs is 1. The van der Waals surface area contributed by atoms with E-state index in [9.17, 15) is 20.2 Å². The summed E-state index contributed by atoms with van der Waals surface area (Å²) in [5.41, 5.74) is 2.24. The number of ether oxygens (including phenoxy) is 1. The van der Waals surface area contributed by atoms with Gasteiger partial charge in [-0.3, -0.25) is 20.2 Å². The number of hydrogen-bond donors (Lipinski definition) is 0. The Morgan fingerprint density at radius 2 is 1.57 bits per heavy atom. The number of imidazole rings is 1. The number of benzene rings is 2. The highest BCUT2D eigenvalue weighted by Gasteiger charge is 2.22. The summed E-state index contributed by atoms with van der Waals surface area (Å²) in [6, 6.07) is 13.0. The molecule has 1 aliphatic rings. The van der Waals surface area contributed by atoms with E-state index in [2.05, 4.69) is 27.6 Å². The van der Waals surface area contributed by atoms with Crippen LogP contribution < -0.4 is 0 Å². The fourth-order valence-corrected chi connectivity index (χ4v) is 3.08. The van der Waals surface area contributed by atoms with Crippen LogP contribution in [-0.4, -0.2) is 26.0 Å². The van der Waals surface area contributed by atoms with Gasteiger partial charge in [0.1, 0.15) is 0 Å². The zero-order chi connectivity index (χ0) is 20.1. The molecule has 0 aliphatic carbocycles. The zero-order valence-electron chi connectivity index (χ0n) is 14.5. The van der Waals surface area contributed by atoms with E-state index in [4.69, 9.17) is 4.74 Å². The van der Waals surface area contributed by atoms with Crippen molar-refractivity contribution in [2.45, 2.75) is 12.6 Å². The van der Waals surface area contributed by atoms with E-state index in [1.165, 1.54) is 24.3 Å². The Labute approximate surface area is 173 Å². The molecule has 1 aromatic heterocycles. The lowest BCUT2D eigenvalue weighted by Crippen LogP contribution is -2.23. The van der Waals surface area contributed by atoms with Crippen LogP contribution in [0.5, 0.6) is 0 Å². The van der Waals surface area contributed by atoms with Gasteiger partial charge in [0.05, 0.1) is 47.3 Å². The molecule has 0 amide bonds. The molecule has 4 rings (SSSR count). The Hall–Kier alpha value is -2.86. The van der Waals surface area contributed by atoms with Crippen LogP contribution in [0.15, 0.2) is 61.1 Å². The van der Waals surface area contributed by atoms with Gasteiger partial charge < -0.3 is 9.30 Å². The van der Waals surface area contributed by atoms with Gasteiger partial charge in [-0.2, -0.15) is 0 Å². The summed E-state index contributed by atoms with van der Waals surface area (Å²) < 4.78 is 8.55. The Morgan fingerprint density at radius 3 is 2.14 bits per heavy atom. The summed E-state index contributed by atoms with van der Waals surface area (Å²) in [6.07, 6.45) is 3.54. The van der Waals surface area contributed by atoms with Crippen molar-refractivity contribution in [3.8, 4) is 0 Å². The van der Waals surface area contributed by atoms with Crippen LogP contribution in [0.1, 0.15) is 17.3 Å². The number of nitro benzene ring substituents is 2. The van der Waals surface area contributed by atoms with E-state index in [0.717, 1.165) is 14.8 Å². The lowest BCUT2D eigenvalue weighted by atomic mass is 10.1. The van der Waals surface area contributed by atoms with Gasteiger partial charge in [-0.1, -0.05) is 12.1 Å². The van der Waals surface area contributed by atoms with E-state index in [1.807, 2.05) is 4.57 Å². The summed E-state index contributed by atoms with van der Waals surface area (Å²) in [7, 11) is 0. The fraction of sp³-hybridized carbons (Fsp3) is 0.167. The average Bonchev–Trinajstić information content (AvgIpc) is 3.18. The SMILES string of the molecule is O=[N+]([O-])c1ccc(C2COCc3cncn32)cc1.O=[N+]([O-])c1ccc(I)cc1. The van der Waals surface area contributed by atoms with E-state index in [-0.39, 0.29) is 17.4 Å². The van der Waals surface area contributed by atoms with Crippen LogP contribution in [0.25, 0.3) is 0 Å². The third-order valence-electron chi connectivity index (χ3n) is 4.13. The zero-order valence-corrected chi connectivity index (χ0v) is 16.6. The number of nitro groups is 2. The maximum atomic E-state index is 10.6. The number of nitrogens with zero attached hydrogens (tertiary/aromatic N) is 4. The molecule has 1 aliphatic heterocycles. The lowest BCUT2D eigenvalue weighted by Gasteiger charge is -2.25. The monoisotopic (exact) mass is 494 g/mol. The maximum Gasteiger partial charge on any atom is 0.269 e. The molecule has 9 nitrogen and oxygen atoms in total. The molecule has 0 fully saturated rings. The van der Waals surface area contributed by atoms with Gasteiger partial charge >= 0.3 is 0 Å². The summed E-state index contributed by atoms with van der Waals surface area (Å²) >= 11 is 2.10. The third-order valence-corrected chi connectivity index (χ3v) is 4.85. The molecule has 28 heavy (non-hydrogen) atoms. The van der Waals surface area contributed by atoms with E-state index in [0.29, 0.717) is 13.2 Å². The predicted octanol–water partition coefficient (Wildman–Crippen LogP) is 4.11. The minimum atomic E-state index is -0.407. The highest BCUT2D eigenvalue weighted by Crippen LogP contribution is 2.26. The Bertz CT molecular complexity index is 972. The first-order valence-corrected chi connectivity index (χ1v) is 9.26. The van der Waals surface area contributed by atoms with Gasteiger partial charge in [-0.15, -0.1) is 0 Å². The fourth-order valence-electron chi connectivity index (χ4n) is 2.72. The summed E-state index contributed by atoms with van der Waals surface area (Å²) in [4.78, 5) is 24.0. The van der Waals surface area contributed by atoms with Crippen LogP contribution in [-0.2, 0) is 11.3 Å². The molecule has 0 spiro atoms.